The van der Waals surface area contributed by atoms with Crippen molar-refractivity contribution in [2.24, 2.45) is 5.92 Å². The van der Waals surface area contributed by atoms with Crippen molar-refractivity contribution >= 4 is 52.1 Å². The van der Waals surface area contributed by atoms with E-state index >= 15 is 0 Å². The van der Waals surface area contributed by atoms with Crippen molar-refractivity contribution < 1.29 is 28.7 Å². The molecular formula is C45H46N10O6. The molecule has 7 heterocycles. The lowest BCUT2D eigenvalue weighted by Gasteiger charge is -2.48. The molecule has 2 aromatic heterocycles. The molecule has 5 aliphatic heterocycles. The summed E-state index contributed by atoms with van der Waals surface area (Å²) in [6.45, 7) is 4.77. The first-order valence-corrected chi connectivity index (χ1v) is 21.1. The Labute approximate surface area is 351 Å². The lowest BCUT2D eigenvalue weighted by atomic mass is 9.90. The Hall–Kier alpha value is -6.68. The first-order chi connectivity index (χ1) is 29.7. The Bertz CT molecular complexity index is 2540. The van der Waals surface area contributed by atoms with Gasteiger partial charge < -0.3 is 20.3 Å². The number of nitrogens with one attached hydrogen (secondary N) is 1. The lowest BCUT2D eigenvalue weighted by molar-refractivity contribution is -0.136. The van der Waals surface area contributed by atoms with Crippen LogP contribution < -0.4 is 20.7 Å². The molecule has 16 nitrogen and oxygen atoms in total. The van der Waals surface area contributed by atoms with E-state index in [4.69, 9.17) is 15.6 Å². The Morgan fingerprint density at radius 1 is 0.787 bits per heavy atom. The van der Waals surface area contributed by atoms with Gasteiger partial charge in [-0.1, -0.05) is 18.2 Å². The fourth-order valence-electron chi connectivity index (χ4n) is 9.57. The number of carbonyl (C=O) groups excluding carboxylic acids is 5. The van der Waals surface area contributed by atoms with Gasteiger partial charge in [-0.2, -0.15) is 5.10 Å². The molecule has 4 saturated heterocycles. The minimum atomic E-state index is -0.982. The van der Waals surface area contributed by atoms with E-state index in [1.165, 1.54) is 6.33 Å². The molecule has 10 rings (SSSR count). The van der Waals surface area contributed by atoms with Gasteiger partial charge in [0.25, 0.3) is 11.8 Å². The first-order valence-electron chi connectivity index (χ1n) is 21.1. The molecule has 5 aromatic rings. The lowest BCUT2D eigenvalue weighted by Crippen LogP contribution is -2.61. The maximum absolute atomic E-state index is 13.6. The number of carbonyl (C=O) groups is 5. The van der Waals surface area contributed by atoms with Crippen molar-refractivity contribution in [3.05, 3.63) is 90.3 Å². The maximum atomic E-state index is 13.6. The Kier molecular flexibility index (Phi) is 9.93. The van der Waals surface area contributed by atoms with Gasteiger partial charge in [-0.25, -0.2) is 14.6 Å². The average Bonchev–Trinajstić information content (AvgIpc) is 3.77. The molecule has 16 heteroatoms. The van der Waals surface area contributed by atoms with Crippen LogP contribution in [-0.4, -0.2) is 115 Å². The second kappa shape index (κ2) is 15.7. The molecule has 1 unspecified atom stereocenters. The Balaban J connectivity index is 0.703. The number of piperidine rings is 3. The van der Waals surface area contributed by atoms with Crippen LogP contribution in [0.15, 0.2) is 79.1 Å². The van der Waals surface area contributed by atoms with Gasteiger partial charge in [0.2, 0.25) is 17.7 Å². The molecule has 61 heavy (non-hydrogen) atoms. The molecule has 4 fully saturated rings. The van der Waals surface area contributed by atoms with E-state index in [1.807, 2.05) is 70.2 Å². The predicted molar refractivity (Wildman–Crippen MR) is 225 cm³/mol. The highest BCUT2D eigenvalue weighted by atomic mass is 16.5. The predicted octanol–water partition coefficient (Wildman–Crippen LogP) is 4.42. The van der Waals surface area contributed by atoms with E-state index in [0.29, 0.717) is 54.2 Å². The topological polar surface area (TPSA) is 189 Å². The van der Waals surface area contributed by atoms with Gasteiger partial charge in [0.15, 0.2) is 5.65 Å². The van der Waals surface area contributed by atoms with E-state index in [1.54, 1.807) is 12.1 Å². The number of amides is 5. The first kappa shape index (κ1) is 38.5. The minimum absolute atomic E-state index is 0.0629. The molecule has 3 aromatic carbocycles. The number of para-hydroxylation sites is 1. The van der Waals surface area contributed by atoms with Crippen molar-refractivity contribution in [3.63, 3.8) is 0 Å². The summed E-state index contributed by atoms with van der Waals surface area (Å²) in [5.41, 5.74) is 10.2. The number of nitrogens with two attached hydrogens (primary N) is 1. The third-order valence-corrected chi connectivity index (χ3v) is 13.1. The number of imide groups is 2. The van der Waals surface area contributed by atoms with E-state index in [2.05, 4.69) is 25.1 Å². The van der Waals surface area contributed by atoms with Gasteiger partial charge in [-0.3, -0.25) is 39.1 Å². The molecule has 1 atom stereocenters. The van der Waals surface area contributed by atoms with Crippen LogP contribution in [0.4, 0.5) is 11.5 Å². The number of anilines is 2. The van der Waals surface area contributed by atoms with Gasteiger partial charge in [0, 0.05) is 56.3 Å². The SMILES string of the molecule is Nc1ncnc2c1c(-c1ccc(Oc3ccccc3)cc1)nn2C1CCN(C(=O)CC2CCN(C3CN(c4ccc5c(c4)C(=O)N(C4CCC(=O)NC4=O)C5=O)C3)CC2)CC1. The fourth-order valence-corrected chi connectivity index (χ4v) is 9.57. The molecule has 3 N–H and O–H groups in total. The highest BCUT2D eigenvalue weighted by molar-refractivity contribution is 6.23. The molecule has 5 aliphatic rings. The summed E-state index contributed by atoms with van der Waals surface area (Å²) in [5, 5.41) is 8.01. The maximum Gasteiger partial charge on any atom is 0.262 e. The number of hydrogen-bond acceptors (Lipinski definition) is 12. The zero-order valence-corrected chi connectivity index (χ0v) is 33.6. The van der Waals surface area contributed by atoms with Gasteiger partial charge in [0.1, 0.15) is 35.4 Å². The van der Waals surface area contributed by atoms with Gasteiger partial charge >= 0.3 is 0 Å². The van der Waals surface area contributed by atoms with Crippen molar-refractivity contribution in [1.29, 1.82) is 0 Å². The van der Waals surface area contributed by atoms with Crippen LogP contribution in [0, 0.1) is 5.92 Å². The molecule has 5 amide bonds. The third kappa shape index (κ3) is 7.23. The number of rotatable bonds is 9. The number of nitrogen functional groups attached to an aromatic ring is 1. The average molecular weight is 823 g/mol. The highest BCUT2D eigenvalue weighted by Gasteiger charge is 2.45. The summed E-state index contributed by atoms with van der Waals surface area (Å²) in [4.78, 5) is 80.7. The quantitative estimate of drug-likeness (QED) is 0.200. The molecule has 0 bridgehead atoms. The van der Waals surface area contributed by atoms with E-state index in [9.17, 15) is 24.0 Å². The smallest absolute Gasteiger partial charge is 0.262 e. The highest BCUT2D eigenvalue weighted by Crippen LogP contribution is 2.37. The van der Waals surface area contributed by atoms with Crippen LogP contribution in [0.5, 0.6) is 11.5 Å². The van der Waals surface area contributed by atoms with Crippen LogP contribution in [0.1, 0.15) is 71.7 Å². The number of fused-ring (bicyclic) bond motifs is 2. The molecule has 0 aliphatic carbocycles. The Morgan fingerprint density at radius 3 is 2.25 bits per heavy atom. The Morgan fingerprint density at radius 2 is 1.51 bits per heavy atom. The van der Waals surface area contributed by atoms with Crippen molar-refractivity contribution in [2.75, 3.05) is 49.9 Å². The molecular weight excluding hydrogens is 777 g/mol. The second-order valence-electron chi connectivity index (χ2n) is 16.7. The van der Waals surface area contributed by atoms with Crippen LogP contribution in [0.3, 0.4) is 0 Å². The van der Waals surface area contributed by atoms with Crippen molar-refractivity contribution in [1.82, 2.24) is 39.8 Å². The second-order valence-corrected chi connectivity index (χ2v) is 16.7. The van der Waals surface area contributed by atoms with E-state index in [0.717, 1.165) is 84.8 Å². The summed E-state index contributed by atoms with van der Waals surface area (Å²) in [7, 11) is 0. The molecule has 312 valence electrons. The summed E-state index contributed by atoms with van der Waals surface area (Å²) < 4.78 is 7.96. The summed E-state index contributed by atoms with van der Waals surface area (Å²) in [6, 6.07) is 22.1. The number of hydrogen-bond donors (Lipinski definition) is 2. The molecule has 0 spiro atoms. The van der Waals surface area contributed by atoms with Crippen molar-refractivity contribution in [2.45, 2.75) is 63.1 Å². The summed E-state index contributed by atoms with van der Waals surface area (Å²) in [6.07, 6.45) is 5.70. The third-order valence-electron chi connectivity index (χ3n) is 13.1. The molecule has 0 saturated carbocycles. The zero-order chi connectivity index (χ0) is 41.8. The standard InChI is InChI=1S/C45H46N10O6/c46-41-39-40(28-6-9-33(10-7-28)61-32-4-2-1-3-5-32)50-55(42(39)48-26-47-41)29-16-20-52(21-17-29)38(57)22-27-14-18-51(19-15-27)31-24-53(25-31)30-8-11-34-35(23-30)45(60)54(44(34)59)36-12-13-37(56)49-43(36)58/h1-11,23,26-27,29,31,36H,12-22,24-25H2,(H2,46,47,48)(H,49,56,58). The number of benzene rings is 3. The molecule has 0 radical (unpaired) electrons. The van der Waals surface area contributed by atoms with E-state index < -0.39 is 29.7 Å². The summed E-state index contributed by atoms with van der Waals surface area (Å²) >= 11 is 0. The number of nitrogens with zero attached hydrogens (tertiary/aromatic N) is 8. The number of ether oxygens (including phenoxy) is 1. The van der Waals surface area contributed by atoms with Crippen LogP contribution in [-0.2, 0) is 14.4 Å². The number of likely N-dealkylation sites (tertiary alicyclic amines) is 2. The fraction of sp³-hybridized carbons (Fsp3) is 0.378. The van der Waals surface area contributed by atoms with Gasteiger partial charge in [-0.15, -0.1) is 0 Å². The number of aromatic nitrogens is 4. The monoisotopic (exact) mass is 822 g/mol. The minimum Gasteiger partial charge on any atom is -0.457 e. The summed E-state index contributed by atoms with van der Waals surface area (Å²) in [5.74, 6) is 0.396. The largest absolute Gasteiger partial charge is 0.457 e. The van der Waals surface area contributed by atoms with Crippen molar-refractivity contribution in [3.8, 4) is 22.8 Å². The van der Waals surface area contributed by atoms with E-state index in [-0.39, 0.29) is 30.4 Å². The van der Waals surface area contributed by atoms with Gasteiger partial charge in [-0.05, 0) is 106 Å². The van der Waals surface area contributed by atoms with Crippen LogP contribution in [0.2, 0.25) is 0 Å². The van der Waals surface area contributed by atoms with Crippen LogP contribution in [0.25, 0.3) is 22.3 Å². The van der Waals surface area contributed by atoms with Gasteiger partial charge in [0.05, 0.1) is 22.6 Å². The zero-order valence-electron chi connectivity index (χ0n) is 33.6. The van der Waals surface area contributed by atoms with Crippen LogP contribution >= 0.6 is 0 Å². The normalized spacial score (nSPS) is 20.6.